The predicted molar refractivity (Wildman–Crippen MR) is 73.7 cm³/mol. The minimum atomic E-state index is 0.678. The van der Waals surface area contributed by atoms with Crippen molar-refractivity contribution in [1.82, 2.24) is 4.98 Å². The summed E-state index contributed by atoms with van der Waals surface area (Å²) in [6.07, 6.45) is 4.12. The van der Waals surface area contributed by atoms with Gasteiger partial charge in [0.05, 0.1) is 21.8 Å². The number of aromatic nitrogens is 1. The van der Waals surface area contributed by atoms with Crippen LogP contribution in [0.1, 0.15) is 18.4 Å². The molecule has 3 rings (SSSR count). The van der Waals surface area contributed by atoms with Gasteiger partial charge in [-0.3, -0.25) is 4.98 Å². The highest BCUT2D eigenvalue weighted by molar-refractivity contribution is 7.13. The molecule has 3 nitrogen and oxygen atoms in total. The van der Waals surface area contributed by atoms with Crippen LogP contribution in [0.3, 0.4) is 0 Å². The summed E-state index contributed by atoms with van der Waals surface area (Å²) in [4.78, 5) is 7.83. The Bertz CT molecular complexity index is 578. The van der Waals surface area contributed by atoms with E-state index in [9.17, 15) is 5.26 Å². The van der Waals surface area contributed by atoms with E-state index in [1.54, 1.807) is 17.5 Å². The second-order valence-corrected chi connectivity index (χ2v) is 5.32. The van der Waals surface area contributed by atoms with Gasteiger partial charge in [0.2, 0.25) is 0 Å². The van der Waals surface area contributed by atoms with Gasteiger partial charge in [-0.2, -0.15) is 5.26 Å². The van der Waals surface area contributed by atoms with E-state index in [1.165, 1.54) is 12.8 Å². The smallest absolute Gasteiger partial charge is 0.103 e. The Balaban J connectivity index is 2.05. The largest absolute Gasteiger partial charge is 0.370 e. The third-order valence-corrected chi connectivity index (χ3v) is 4.12. The van der Waals surface area contributed by atoms with Crippen molar-refractivity contribution in [3.8, 4) is 16.6 Å². The Hall–Kier alpha value is -1.86. The number of thiophene rings is 1. The molecular weight excluding hydrogens is 242 g/mol. The number of anilines is 1. The number of rotatable bonds is 2. The lowest BCUT2D eigenvalue weighted by Crippen LogP contribution is -2.19. The maximum atomic E-state index is 9.19. The predicted octanol–water partition coefficient (Wildman–Crippen LogP) is 3.28. The molecule has 2 aromatic rings. The van der Waals surface area contributed by atoms with E-state index in [1.807, 2.05) is 11.4 Å². The quantitative estimate of drug-likeness (QED) is 0.826. The van der Waals surface area contributed by atoms with Crippen molar-refractivity contribution in [1.29, 1.82) is 5.26 Å². The second-order valence-electron chi connectivity index (χ2n) is 4.37. The average molecular weight is 255 g/mol. The molecule has 4 heteroatoms. The topological polar surface area (TPSA) is 39.9 Å². The van der Waals surface area contributed by atoms with Crippen LogP contribution in [0.2, 0.25) is 0 Å². The van der Waals surface area contributed by atoms with Crippen LogP contribution in [-0.4, -0.2) is 18.1 Å². The van der Waals surface area contributed by atoms with Crippen molar-refractivity contribution in [3.05, 3.63) is 35.3 Å². The van der Waals surface area contributed by atoms with Gasteiger partial charge in [-0.1, -0.05) is 6.07 Å². The van der Waals surface area contributed by atoms with E-state index >= 15 is 0 Å². The maximum Gasteiger partial charge on any atom is 0.103 e. The van der Waals surface area contributed by atoms with E-state index < -0.39 is 0 Å². The first-order chi connectivity index (χ1) is 8.88. The summed E-state index contributed by atoms with van der Waals surface area (Å²) in [6.45, 7) is 2.09. The van der Waals surface area contributed by atoms with Gasteiger partial charge in [-0.15, -0.1) is 11.3 Å². The Labute approximate surface area is 110 Å². The molecule has 0 aromatic carbocycles. The summed E-state index contributed by atoms with van der Waals surface area (Å²) >= 11 is 1.68. The number of hydrogen-bond acceptors (Lipinski definition) is 4. The van der Waals surface area contributed by atoms with Crippen LogP contribution in [0.5, 0.6) is 0 Å². The van der Waals surface area contributed by atoms with E-state index in [4.69, 9.17) is 0 Å². The Morgan fingerprint density at radius 1 is 1.33 bits per heavy atom. The molecule has 2 aromatic heterocycles. The molecule has 0 amide bonds. The van der Waals surface area contributed by atoms with Crippen molar-refractivity contribution in [2.75, 3.05) is 18.0 Å². The zero-order chi connectivity index (χ0) is 12.4. The average Bonchev–Trinajstić information content (AvgIpc) is 3.11. The van der Waals surface area contributed by atoms with E-state index in [0.717, 1.165) is 29.3 Å². The summed E-state index contributed by atoms with van der Waals surface area (Å²) < 4.78 is 0. The van der Waals surface area contributed by atoms with Gasteiger partial charge in [0.15, 0.2) is 0 Å². The molecular formula is C14H13N3S. The van der Waals surface area contributed by atoms with Crippen molar-refractivity contribution in [2.45, 2.75) is 12.8 Å². The van der Waals surface area contributed by atoms with Crippen LogP contribution >= 0.6 is 11.3 Å². The molecule has 1 saturated heterocycles. The summed E-state index contributed by atoms with van der Waals surface area (Å²) in [5.41, 5.74) is 2.68. The molecule has 0 saturated carbocycles. The molecule has 1 fully saturated rings. The van der Waals surface area contributed by atoms with Gasteiger partial charge in [-0.05, 0) is 30.4 Å². The van der Waals surface area contributed by atoms with E-state index in [0.29, 0.717) is 5.56 Å². The standard InChI is InChI=1S/C14H13N3S/c15-9-11-10-16-12(14-4-3-7-18-14)8-13(11)17-5-1-2-6-17/h3-4,7-8,10H,1-2,5-6H2. The molecule has 1 aliphatic rings. The third kappa shape index (κ3) is 1.98. The molecule has 0 bridgehead atoms. The van der Waals surface area contributed by atoms with Gasteiger partial charge in [0.1, 0.15) is 6.07 Å². The Kier molecular flexibility index (Phi) is 2.99. The maximum absolute atomic E-state index is 9.19. The summed E-state index contributed by atoms with van der Waals surface area (Å²) in [6, 6.07) is 8.38. The summed E-state index contributed by atoms with van der Waals surface area (Å²) in [7, 11) is 0. The number of nitrogens with zero attached hydrogens (tertiary/aromatic N) is 3. The zero-order valence-electron chi connectivity index (χ0n) is 9.97. The normalized spacial score (nSPS) is 14.7. The van der Waals surface area contributed by atoms with Crippen LogP contribution < -0.4 is 4.90 Å². The number of pyridine rings is 1. The van der Waals surface area contributed by atoms with Crippen molar-refractivity contribution >= 4 is 17.0 Å². The van der Waals surface area contributed by atoms with Crippen LogP contribution in [0.15, 0.2) is 29.8 Å². The van der Waals surface area contributed by atoms with Crippen molar-refractivity contribution in [3.63, 3.8) is 0 Å². The Morgan fingerprint density at radius 2 is 2.17 bits per heavy atom. The lowest BCUT2D eigenvalue weighted by molar-refractivity contribution is 0.949. The number of nitriles is 1. The lowest BCUT2D eigenvalue weighted by atomic mass is 10.2. The zero-order valence-corrected chi connectivity index (χ0v) is 10.8. The monoisotopic (exact) mass is 255 g/mol. The SMILES string of the molecule is N#Cc1cnc(-c2cccs2)cc1N1CCCC1. The molecule has 1 aliphatic heterocycles. The third-order valence-electron chi connectivity index (χ3n) is 3.22. The minimum absolute atomic E-state index is 0.678. The molecule has 0 aliphatic carbocycles. The fourth-order valence-corrected chi connectivity index (χ4v) is 3.00. The van der Waals surface area contributed by atoms with Crippen LogP contribution in [0.25, 0.3) is 10.6 Å². The van der Waals surface area contributed by atoms with Crippen LogP contribution in [0.4, 0.5) is 5.69 Å². The van der Waals surface area contributed by atoms with E-state index in [2.05, 4.69) is 28.1 Å². The second kappa shape index (κ2) is 4.79. The molecule has 18 heavy (non-hydrogen) atoms. The molecule has 90 valence electrons. The molecule has 3 heterocycles. The van der Waals surface area contributed by atoms with Crippen LogP contribution in [0, 0.1) is 11.3 Å². The minimum Gasteiger partial charge on any atom is -0.370 e. The Morgan fingerprint density at radius 3 is 2.83 bits per heavy atom. The number of hydrogen-bond donors (Lipinski definition) is 0. The van der Waals surface area contributed by atoms with Gasteiger partial charge < -0.3 is 4.90 Å². The fourth-order valence-electron chi connectivity index (χ4n) is 2.31. The highest BCUT2D eigenvalue weighted by Gasteiger charge is 2.17. The summed E-state index contributed by atoms with van der Waals surface area (Å²) in [5, 5.41) is 11.2. The molecule has 0 N–H and O–H groups in total. The highest BCUT2D eigenvalue weighted by atomic mass is 32.1. The first-order valence-corrected chi connectivity index (χ1v) is 6.95. The van der Waals surface area contributed by atoms with Gasteiger partial charge in [-0.25, -0.2) is 0 Å². The van der Waals surface area contributed by atoms with Crippen molar-refractivity contribution < 1.29 is 0 Å². The molecule has 0 atom stereocenters. The highest BCUT2D eigenvalue weighted by Crippen LogP contribution is 2.30. The van der Waals surface area contributed by atoms with Crippen LogP contribution in [-0.2, 0) is 0 Å². The van der Waals surface area contributed by atoms with E-state index in [-0.39, 0.29) is 0 Å². The van der Waals surface area contributed by atoms with Crippen molar-refractivity contribution in [2.24, 2.45) is 0 Å². The summed E-state index contributed by atoms with van der Waals surface area (Å²) in [5.74, 6) is 0. The van der Waals surface area contributed by atoms with Gasteiger partial charge in [0.25, 0.3) is 0 Å². The molecule has 0 radical (unpaired) electrons. The first kappa shape index (κ1) is 11.2. The first-order valence-electron chi connectivity index (χ1n) is 6.07. The fraction of sp³-hybridized carbons (Fsp3) is 0.286. The molecule has 0 unspecified atom stereocenters. The molecule has 0 spiro atoms. The van der Waals surface area contributed by atoms with Gasteiger partial charge >= 0.3 is 0 Å². The van der Waals surface area contributed by atoms with Gasteiger partial charge in [0, 0.05) is 19.3 Å². The lowest BCUT2D eigenvalue weighted by Gasteiger charge is -2.19.